The van der Waals surface area contributed by atoms with Crippen molar-refractivity contribution in [1.29, 1.82) is 0 Å². The van der Waals surface area contributed by atoms with Crippen LogP contribution in [0.2, 0.25) is 0 Å². The van der Waals surface area contributed by atoms with E-state index < -0.39 is 17.2 Å². The molecule has 0 aromatic carbocycles. The number of amides is 1. The van der Waals surface area contributed by atoms with Gasteiger partial charge in [0.25, 0.3) is 0 Å². The van der Waals surface area contributed by atoms with Crippen molar-refractivity contribution in [1.82, 2.24) is 30.5 Å². The first-order valence-electron chi connectivity index (χ1n) is 10.0. The van der Waals surface area contributed by atoms with E-state index in [1.165, 1.54) is 0 Å². The Morgan fingerprint density at radius 2 is 1.94 bits per heavy atom. The number of ether oxygens (including phenoxy) is 1. The lowest BCUT2D eigenvalue weighted by atomic mass is 10.1. The van der Waals surface area contributed by atoms with Gasteiger partial charge in [-0.15, -0.1) is 24.0 Å². The Labute approximate surface area is 201 Å². The van der Waals surface area contributed by atoms with Gasteiger partial charge in [-0.05, 0) is 53.2 Å². The number of carbonyl (C=O) groups excluding carboxylic acids is 1. The van der Waals surface area contributed by atoms with Gasteiger partial charge in [-0.3, -0.25) is 4.57 Å². The maximum atomic E-state index is 12.0. The van der Waals surface area contributed by atoms with Gasteiger partial charge < -0.3 is 20.7 Å². The molecule has 2 heterocycles. The summed E-state index contributed by atoms with van der Waals surface area (Å²) in [6.45, 7) is 13.0. The molecule has 0 saturated heterocycles. The third-order valence-corrected chi connectivity index (χ3v) is 3.88. The summed E-state index contributed by atoms with van der Waals surface area (Å²) in [4.78, 5) is 25.1. The second-order valence-corrected chi connectivity index (χ2v) is 8.55. The molecule has 0 unspecified atom stereocenters. The SMILES string of the molecule is CCNC(=NCc1ccc(-n2ccnc2)nc1)NCC(C)(C)NC(=O)OC(C)(C)C.I. The number of nitrogens with one attached hydrogen (secondary N) is 3. The quantitative estimate of drug-likeness (QED) is 0.282. The number of guanidine groups is 1. The lowest BCUT2D eigenvalue weighted by Gasteiger charge is -2.29. The van der Waals surface area contributed by atoms with E-state index >= 15 is 0 Å². The summed E-state index contributed by atoms with van der Waals surface area (Å²) in [5.41, 5.74) is -0.0694. The van der Waals surface area contributed by atoms with Gasteiger partial charge in [-0.1, -0.05) is 6.07 Å². The highest BCUT2D eigenvalue weighted by atomic mass is 127. The Morgan fingerprint density at radius 3 is 2.48 bits per heavy atom. The van der Waals surface area contributed by atoms with Crippen molar-refractivity contribution >= 4 is 36.0 Å². The van der Waals surface area contributed by atoms with E-state index in [1.807, 2.05) is 64.4 Å². The molecule has 2 rings (SSSR count). The minimum Gasteiger partial charge on any atom is -0.444 e. The summed E-state index contributed by atoms with van der Waals surface area (Å²) in [6, 6.07) is 3.92. The number of rotatable bonds is 7. The molecule has 1 amide bonds. The Bertz CT molecular complexity index is 828. The van der Waals surface area contributed by atoms with Crippen LogP contribution in [0.4, 0.5) is 4.79 Å². The second-order valence-electron chi connectivity index (χ2n) is 8.55. The summed E-state index contributed by atoms with van der Waals surface area (Å²) in [6.07, 6.45) is 6.63. The van der Waals surface area contributed by atoms with Crippen molar-refractivity contribution in [3.8, 4) is 5.82 Å². The first-order chi connectivity index (χ1) is 14.1. The number of pyridine rings is 1. The van der Waals surface area contributed by atoms with Crippen molar-refractivity contribution in [2.75, 3.05) is 13.1 Å². The molecular weight excluding hydrogens is 509 g/mol. The third-order valence-electron chi connectivity index (χ3n) is 3.88. The summed E-state index contributed by atoms with van der Waals surface area (Å²) in [7, 11) is 0. The van der Waals surface area contributed by atoms with Crippen LogP contribution in [0.25, 0.3) is 5.82 Å². The van der Waals surface area contributed by atoms with Crippen LogP contribution in [0.3, 0.4) is 0 Å². The lowest BCUT2D eigenvalue weighted by molar-refractivity contribution is 0.0474. The highest BCUT2D eigenvalue weighted by Crippen LogP contribution is 2.09. The highest BCUT2D eigenvalue weighted by Gasteiger charge is 2.24. The molecule has 172 valence electrons. The smallest absolute Gasteiger partial charge is 0.408 e. The summed E-state index contributed by atoms with van der Waals surface area (Å²) in [5, 5.41) is 9.36. The lowest BCUT2D eigenvalue weighted by Crippen LogP contribution is -2.54. The van der Waals surface area contributed by atoms with Crippen molar-refractivity contribution in [3.05, 3.63) is 42.6 Å². The van der Waals surface area contributed by atoms with Gasteiger partial charge in [0.1, 0.15) is 17.7 Å². The van der Waals surface area contributed by atoms with E-state index in [9.17, 15) is 4.79 Å². The van der Waals surface area contributed by atoms with Gasteiger partial charge in [0, 0.05) is 31.7 Å². The molecule has 3 N–H and O–H groups in total. The molecule has 0 fully saturated rings. The molecule has 0 aliphatic heterocycles. The predicted molar refractivity (Wildman–Crippen MR) is 133 cm³/mol. The van der Waals surface area contributed by atoms with Gasteiger partial charge in [-0.2, -0.15) is 0 Å². The van der Waals surface area contributed by atoms with Crippen molar-refractivity contribution in [3.63, 3.8) is 0 Å². The maximum Gasteiger partial charge on any atom is 0.408 e. The number of imidazole rings is 1. The number of nitrogens with zero attached hydrogens (tertiary/aromatic N) is 4. The molecular formula is C21H34IN7O2. The van der Waals surface area contributed by atoms with Gasteiger partial charge in [0.2, 0.25) is 0 Å². The number of aromatic nitrogens is 3. The number of hydrogen-bond acceptors (Lipinski definition) is 5. The van der Waals surface area contributed by atoms with Crippen molar-refractivity contribution in [2.45, 2.75) is 59.2 Å². The Hall–Kier alpha value is -2.37. The van der Waals surface area contributed by atoms with Crippen LogP contribution in [0.15, 0.2) is 42.0 Å². The zero-order chi connectivity index (χ0) is 22.2. The van der Waals surface area contributed by atoms with Crippen LogP contribution in [0, 0.1) is 0 Å². The Balaban J connectivity index is 0.00000480. The molecule has 0 aliphatic carbocycles. The summed E-state index contributed by atoms with van der Waals surface area (Å²) in [5.74, 6) is 1.47. The zero-order valence-electron chi connectivity index (χ0n) is 19.1. The molecule has 0 aliphatic rings. The molecule has 0 radical (unpaired) electrons. The van der Waals surface area contributed by atoms with Gasteiger partial charge in [0.05, 0.1) is 12.1 Å². The molecule has 0 atom stereocenters. The van der Waals surface area contributed by atoms with Crippen LogP contribution in [-0.2, 0) is 11.3 Å². The van der Waals surface area contributed by atoms with E-state index in [4.69, 9.17) is 4.74 Å². The van der Waals surface area contributed by atoms with Crippen LogP contribution >= 0.6 is 24.0 Å². The van der Waals surface area contributed by atoms with Crippen molar-refractivity contribution in [2.24, 2.45) is 4.99 Å². The van der Waals surface area contributed by atoms with Gasteiger partial charge >= 0.3 is 6.09 Å². The average molecular weight is 543 g/mol. The van der Waals surface area contributed by atoms with E-state index in [1.54, 1.807) is 18.7 Å². The van der Waals surface area contributed by atoms with Crippen LogP contribution < -0.4 is 16.0 Å². The molecule has 0 bridgehead atoms. The maximum absolute atomic E-state index is 12.0. The molecule has 2 aromatic rings. The third kappa shape index (κ3) is 9.99. The van der Waals surface area contributed by atoms with Gasteiger partial charge in [-0.25, -0.2) is 19.8 Å². The first kappa shape index (κ1) is 26.7. The number of halogens is 1. The number of aliphatic imine (C=N–C) groups is 1. The standard InChI is InChI=1S/C21H33N7O2.HI/c1-7-23-18(26-14-21(5,6)27-19(29)30-20(2,3)4)25-13-16-8-9-17(24-12-16)28-11-10-22-15-28;/h8-12,15H,7,13-14H2,1-6H3,(H,27,29)(H2,23,25,26);1H. The fourth-order valence-electron chi connectivity index (χ4n) is 2.50. The minimum absolute atomic E-state index is 0. The normalized spacial score (nSPS) is 12.0. The highest BCUT2D eigenvalue weighted by molar-refractivity contribution is 14.0. The predicted octanol–water partition coefficient (Wildman–Crippen LogP) is 3.24. The zero-order valence-corrected chi connectivity index (χ0v) is 21.4. The number of hydrogen-bond donors (Lipinski definition) is 3. The van der Waals surface area contributed by atoms with E-state index in [-0.39, 0.29) is 24.0 Å². The fourth-order valence-corrected chi connectivity index (χ4v) is 2.50. The van der Waals surface area contributed by atoms with Crippen LogP contribution in [0.5, 0.6) is 0 Å². The molecule has 0 spiro atoms. The van der Waals surface area contributed by atoms with E-state index in [0.717, 1.165) is 17.9 Å². The Morgan fingerprint density at radius 1 is 1.19 bits per heavy atom. The molecule has 9 nitrogen and oxygen atoms in total. The van der Waals surface area contributed by atoms with Gasteiger partial charge in [0.15, 0.2) is 5.96 Å². The molecule has 2 aromatic heterocycles. The molecule has 0 saturated carbocycles. The first-order valence-corrected chi connectivity index (χ1v) is 10.0. The number of carbonyl (C=O) groups is 1. The van der Waals surface area contributed by atoms with Crippen LogP contribution in [0.1, 0.15) is 47.1 Å². The summed E-state index contributed by atoms with van der Waals surface area (Å²) >= 11 is 0. The van der Waals surface area contributed by atoms with Crippen molar-refractivity contribution < 1.29 is 9.53 Å². The topological polar surface area (TPSA) is 105 Å². The largest absolute Gasteiger partial charge is 0.444 e. The molecule has 31 heavy (non-hydrogen) atoms. The van der Waals surface area contributed by atoms with E-state index in [0.29, 0.717) is 19.0 Å². The van der Waals surface area contributed by atoms with E-state index in [2.05, 4.69) is 30.9 Å². The second kappa shape index (κ2) is 11.9. The monoisotopic (exact) mass is 543 g/mol. The Kier molecular flexibility index (Phi) is 10.2. The minimum atomic E-state index is -0.536. The summed E-state index contributed by atoms with van der Waals surface area (Å²) < 4.78 is 7.18. The molecule has 10 heteroatoms. The van der Waals surface area contributed by atoms with Crippen LogP contribution in [-0.4, -0.2) is 50.8 Å². The average Bonchev–Trinajstić information content (AvgIpc) is 3.17. The number of alkyl carbamates (subject to hydrolysis) is 1. The fraction of sp³-hybridized carbons (Fsp3) is 0.524.